The number of benzene rings is 1. The Labute approximate surface area is 182 Å². The van der Waals surface area contributed by atoms with Crippen molar-refractivity contribution in [1.29, 1.82) is 0 Å². The fourth-order valence-electron chi connectivity index (χ4n) is 3.94. The quantitative estimate of drug-likeness (QED) is 0.621. The van der Waals surface area contributed by atoms with Gasteiger partial charge in [-0.2, -0.15) is 13.2 Å². The first kappa shape index (κ1) is 21.6. The van der Waals surface area contributed by atoms with Crippen molar-refractivity contribution in [3.05, 3.63) is 76.9 Å². The Morgan fingerprint density at radius 3 is 2.31 bits per heavy atom. The number of anilines is 2. The van der Waals surface area contributed by atoms with Crippen molar-refractivity contribution in [3.63, 3.8) is 0 Å². The first-order chi connectivity index (χ1) is 15.0. The van der Waals surface area contributed by atoms with Crippen molar-refractivity contribution < 1.29 is 22.8 Å². The molecular formula is C23H21F3N4O2. The second kappa shape index (κ2) is 7.81. The van der Waals surface area contributed by atoms with Crippen LogP contribution in [0.2, 0.25) is 0 Å². The first-order valence-electron chi connectivity index (χ1n) is 10.0. The van der Waals surface area contributed by atoms with Gasteiger partial charge in [-0.3, -0.25) is 14.6 Å². The molecule has 166 valence electrons. The highest BCUT2D eigenvalue weighted by Crippen LogP contribution is 2.33. The Morgan fingerprint density at radius 1 is 1.09 bits per heavy atom. The maximum atomic E-state index is 13.3. The molecule has 9 heteroatoms. The molecule has 0 radical (unpaired) electrons. The van der Waals surface area contributed by atoms with Crippen LogP contribution in [0, 0.1) is 13.8 Å². The van der Waals surface area contributed by atoms with Gasteiger partial charge in [-0.1, -0.05) is 0 Å². The van der Waals surface area contributed by atoms with Gasteiger partial charge in [0.2, 0.25) is 0 Å². The molecule has 0 saturated heterocycles. The number of rotatable bonds is 3. The number of nitrogens with zero attached hydrogens (tertiary/aromatic N) is 3. The SMILES string of the molecule is Cc1cc(NC(=O)c2ccn3c2C(=O)N(c2ccc(C(F)(F)F)cc2)C[C@@H]3C)cc(C)n1. The molecule has 0 fully saturated rings. The van der Waals surface area contributed by atoms with Gasteiger partial charge in [0.25, 0.3) is 11.8 Å². The van der Waals surface area contributed by atoms with Gasteiger partial charge >= 0.3 is 6.18 Å². The summed E-state index contributed by atoms with van der Waals surface area (Å²) in [5.41, 5.74) is 2.01. The van der Waals surface area contributed by atoms with Crippen molar-refractivity contribution in [2.24, 2.45) is 0 Å². The van der Waals surface area contributed by atoms with Crippen LogP contribution in [0.1, 0.15) is 50.8 Å². The standard InChI is InChI=1S/C23H21F3N4O2/c1-13-10-17(11-14(2)27-13)28-21(31)19-8-9-29-15(3)12-30(22(32)20(19)29)18-6-4-16(5-7-18)23(24,25)26/h4-11,15H,12H2,1-3H3,(H,27,28,31)/t15-/m0/s1. The van der Waals surface area contributed by atoms with E-state index in [1.165, 1.54) is 17.0 Å². The number of pyridine rings is 1. The van der Waals surface area contributed by atoms with Crippen LogP contribution in [0.15, 0.2) is 48.7 Å². The minimum absolute atomic E-state index is 0.169. The molecule has 1 aliphatic rings. The van der Waals surface area contributed by atoms with E-state index in [0.717, 1.165) is 23.5 Å². The number of hydrogen-bond acceptors (Lipinski definition) is 3. The highest BCUT2D eigenvalue weighted by Gasteiger charge is 2.35. The number of carbonyl (C=O) groups excluding carboxylic acids is 2. The van der Waals surface area contributed by atoms with Crippen LogP contribution < -0.4 is 10.2 Å². The monoisotopic (exact) mass is 442 g/mol. The maximum Gasteiger partial charge on any atom is 0.416 e. The van der Waals surface area contributed by atoms with E-state index in [2.05, 4.69) is 10.3 Å². The summed E-state index contributed by atoms with van der Waals surface area (Å²) in [6.07, 6.45) is -2.78. The van der Waals surface area contributed by atoms with E-state index in [4.69, 9.17) is 0 Å². The number of aromatic nitrogens is 2. The number of hydrogen-bond donors (Lipinski definition) is 1. The molecule has 1 aromatic carbocycles. The van der Waals surface area contributed by atoms with Crippen LogP contribution in [-0.2, 0) is 6.18 Å². The molecule has 3 aromatic rings. The Kier molecular flexibility index (Phi) is 5.28. The smallest absolute Gasteiger partial charge is 0.338 e. The predicted molar refractivity (Wildman–Crippen MR) is 114 cm³/mol. The zero-order chi connectivity index (χ0) is 23.2. The summed E-state index contributed by atoms with van der Waals surface area (Å²) in [6, 6.07) is 9.31. The molecule has 32 heavy (non-hydrogen) atoms. The van der Waals surface area contributed by atoms with E-state index in [9.17, 15) is 22.8 Å². The van der Waals surface area contributed by atoms with Crippen LogP contribution in [0.25, 0.3) is 0 Å². The molecule has 0 bridgehead atoms. The number of alkyl halides is 3. The summed E-state index contributed by atoms with van der Waals surface area (Å²) < 4.78 is 40.4. The van der Waals surface area contributed by atoms with Gasteiger partial charge in [-0.05, 0) is 63.2 Å². The Bertz CT molecular complexity index is 1180. The summed E-state index contributed by atoms with van der Waals surface area (Å²) in [5, 5.41) is 2.80. The fourth-order valence-corrected chi connectivity index (χ4v) is 3.94. The van der Waals surface area contributed by atoms with E-state index in [-0.39, 0.29) is 23.8 Å². The second-order valence-corrected chi connectivity index (χ2v) is 7.89. The number of nitrogens with one attached hydrogen (secondary N) is 1. The van der Waals surface area contributed by atoms with E-state index in [0.29, 0.717) is 11.4 Å². The largest absolute Gasteiger partial charge is 0.416 e. The molecule has 0 unspecified atom stereocenters. The van der Waals surface area contributed by atoms with E-state index in [1.807, 2.05) is 20.8 Å². The summed E-state index contributed by atoms with van der Waals surface area (Å²) in [6.45, 7) is 5.78. The summed E-state index contributed by atoms with van der Waals surface area (Å²) in [4.78, 5) is 31.9. The molecule has 6 nitrogen and oxygen atoms in total. The zero-order valence-corrected chi connectivity index (χ0v) is 17.7. The van der Waals surface area contributed by atoms with Crippen LogP contribution in [-0.4, -0.2) is 27.9 Å². The van der Waals surface area contributed by atoms with Gasteiger partial charge in [0.15, 0.2) is 0 Å². The summed E-state index contributed by atoms with van der Waals surface area (Å²) in [5.74, 6) is -0.890. The lowest BCUT2D eigenvalue weighted by atomic mass is 10.1. The van der Waals surface area contributed by atoms with Crippen molar-refractivity contribution in [1.82, 2.24) is 9.55 Å². The number of amides is 2. The number of fused-ring (bicyclic) bond motifs is 1. The average molecular weight is 442 g/mol. The summed E-state index contributed by atoms with van der Waals surface area (Å²) >= 11 is 0. The minimum Gasteiger partial charge on any atom is -0.338 e. The van der Waals surface area contributed by atoms with Gasteiger partial charge in [0, 0.05) is 41.5 Å². The summed E-state index contributed by atoms with van der Waals surface area (Å²) in [7, 11) is 0. The molecule has 4 rings (SSSR count). The highest BCUT2D eigenvalue weighted by molar-refractivity contribution is 6.16. The molecule has 2 aromatic heterocycles. The van der Waals surface area contributed by atoms with E-state index >= 15 is 0 Å². The normalized spacial score (nSPS) is 16.1. The topological polar surface area (TPSA) is 67.2 Å². The maximum absolute atomic E-state index is 13.3. The lowest BCUT2D eigenvalue weighted by Gasteiger charge is -2.33. The third-order valence-corrected chi connectivity index (χ3v) is 5.37. The average Bonchev–Trinajstić information content (AvgIpc) is 3.16. The molecule has 3 heterocycles. The fraction of sp³-hybridized carbons (Fsp3) is 0.261. The highest BCUT2D eigenvalue weighted by atomic mass is 19.4. The van der Waals surface area contributed by atoms with Crippen molar-refractivity contribution in [2.45, 2.75) is 33.0 Å². The van der Waals surface area contributed by atoms with E-state index < -0.39 is 23.6 Å². The Balaban J connectivity index is 1.65. The van der Waals surface area contributed by atoms with Gasteiger partial charge < -0.3 is 14.8 Å². The van der Waals surface area contributed by atoms with Crippen LogP contribution in [0.4, 0.5) is 24.5 Å². The van der Waals surface area contributed by atoms with Crippen LogP contribution in [0.3, 0.4) is 0 Å². The molecular weight excluding hydrogens is 421 g/mol. The van der Waals surface area contributed by atoms with Gasteiger partial charge in [0.1, 0.15) is 5.69 Å². The van der Waals surface area contributed by atoms with Gasteiger partial charge in [0.05, 0.1) is 11.1 Å². The first-order valence-corrected chi connectivity index (χ1v) is 10.0. The van der Waals surface area contributed by atoms with Crippen LogP contribution >= 0.6 is 0 Å². The Morgan fingerprint density at radius 2 is 1.72 bits per heavy atom. The molecule has 1 atom stereocenters. The van der Waals surface area contributed by atoms with Crippen molar-refractivity contribution >= 4 is 23.2 Å². The van der Waals surface area contributed by atoms with Gasteiger partial charge in [-0.25, -0.2) is 0 Å². The second-order valence-electron chi connectivity index (χ2n) is 7.89. The van der Waals surface area contributed by atoms with Gasteiger partial charge in [-0.15, -0.1) is 0 Å². The van der Waals surface area contributed by atoms with Crippen molar-refractivity contribution in [3.8, 4) is 0 Å². The number of aryl methyl sites for hydroxylation is 2. The third kappa shape index (κ3) is 3.98. The van der Waals surface area contributed by atoms with E-state index in [1.54, 1.807) is 29.0 Å². The molecule has 0 saturated carbocycles. The predicted octanol–water partition coefficient (Wildman–Crippen LogP) is 4.99. The van der Waals surface area contributed by atoms with Crippen molar-refractivity contribution in [2.75, 3.05) is 16.8 Å². The molecule has 0 aliphatic carbocycles. The lowest BCUT2D eigenvalue weighted by Crippen LogP contribution is -2.43. The lowest BCUT2D eigenvalue weighted by molar-refractivity contribution is -0.137. The number of carbonyl (C=O) groups is 2. The molecule has 1 aliphatic heterocycles. The zero-order valence-electron chi connectivity index (χ0n) is 17.7. The molecule has 1 N–H and O–H groups in total. The minimum atomic E-state index is -4.46. The molecule has 2 amide bonds. The van der Waals surface area contributed by atoms with Crippen LogP contribution in [0.5, 0.6) is 0 Å². The number of halogens is 3. The molecule has 0 spiro atoms. The third-order valence-electron chi connectivity index (χ3n) is 5.37. The Hall–Kier alpha value is -3.62.